The number of aliphatic hydroxyl groups is 1. The molecular formula is C40H44N4O7. The van der Waals surface area contributed by atoms with Gasteiger partial charge in [-0.3, -0.25) is 19.5 Å². The van der Waals surface area contributed by atoms with Gasteiger partial charge in [0.25, 0.3) is 5.91 Å². The predicted molar refractivity (Wildman–Crippen MR) is 189 cm³/mol. The monoisotopic (exact) mass is 692 g/mol. The molecule has 5 unspecified atom stereocenters. The number of likely N-dealkylation sites (N-methyl/N-ethyl adjacent to an activating group) is 1. The quantitative estimate of drug-likeness (QED) is 0.184. The molecule has 3 amide bonds. The number of rotatable bonds is 13. The van der Waals surface area contributed by atoms with Crippen LogP contribution >= 0.6 is 0 Å². The molecule has 11 heteroatoms. The second-order valence-corrected chi connectivity index (χ2v) is 13.2. The molecule has 2 fully saturated rings. The van der Waals surface area contributed by atoms with Crippen LogP contribution in [0.1, 0.15) is 59.2 Å². The molecule has 2 N–H and O–H groups in total. The summed E-state index contributed by atoms with van der Waals surface area (Å²) in [4.78, 5) is 46.2. The summed E-state index contributed by atoms with van der Waals surface area (Å²) < 4.78 is 18.5. The molecule has 2 aliphatic rings. The van der Waals surface area contributed by atoms with Crippen molar-refractivity contribution in [2.75, 3.05) is 20.1 Å². The van der Waals surface area contributed by atoms with E-state index in [4.69, 9.17) is 14.2 Å². The summed E-state index contributed by atoms with van der Waals surface area (Å²) in [6.07, 6.45) is 0.692. The van der Waals surface area contributed by atoms with Gasteiger partial charge in [-0.1, -0.05) is 91.9 Å². The van der Waals surface area contributed by atoms with Crippen LogP contribution in [0, 0.1) is 5.92 Å². The van der Waals surface area contributed by atoms with Gasteiger partial charge in [-0.05, 0) is 41.4 Å². The van der Waals surface area contributed by atoms with Gasteiger partial charge in [0.15, 0.2) is 6.29 Å². The molecule has 266 valence electrons. The molecule has 1 aromatic heterocycles. The molecule has 2 aliphatic heterocycles. The second-order valence-electron chi connectivity index (χ2n) is 13.2. The number of carbonyl (C=O) groups is 3. The fraction of sp³-hybridized carbons (Fsp3) is 0.350. The van der Waals surface area contributed by atoms with E-state index in [9.17, 15) is 19.5 Å². The molecule has 0 saturated carbocycles. The van der Waals surface area contributed by atoms with E-state index in [1.165, 1.54) is 0 Å². The molecule has 0 aliphatic carbocycles. The Hall–Kier alpha value is -4.94. The Morgan fingerprint density at radius 1 is 0.922 bits per heavy atom. The van der Waals surface area contributed by atoms with Crippen molar-refractivity contribution in [1.29, 1.82) is 0 Å². The summed E-state index contributed by atoms with van der Waals surface area (Å²) in [5.41, 5.74) is 5.25. The minimum Gasteiger partial charge on any atom is -0.445 e. The van der Waals surface area contributed by atoms with E-state index in [0.717, 1.165) is 51.4 Å². The Morgan fingerprint density at radius 2 is 1.63 bits per heavy atom. The summed E-state index contributed by atoms with van der Waals surface area (Å²) in [5, 5.41) is 12.1. The first-order valence-corrected chi connectivity index (χ1v) is 17.3. The Balaban J connectivity index is 1.10. The van der Waals surface area contributed by atoms with Gasteiger partial charge in [0.1, 0.15) is 12.6 Å². The van der Waals surface area contributed by atoms with Crippen molar-refractivity contribution < 1.29 is 33.7 Å². The zero-order valence-corrected chi connectivity index (χ0v) is 28.9. The Morgan fingerprint density at radius 3 is 2.33 bits per heavy atom. The maximum Gasteiger partial charge on any atom is 0.408 e. The number of likely N-dealkylation sites (tertiary alicyclic amines) is 1. The third kappa shape index (κ3) is 9.25. The zero-order valence-electron chi connectivity index (χ0n) is 28.9. The molecule has 4 aromatic rings. The summed E-state index contributed by atoms with van der Waals surface area (Å²) in [6, 6.07) is 29.5. The number of aliphatic hydroxyl groups excluding tert-OH is 1. The number of pyridine rings is 1. The van der Waals surface area contributed by atoms with Crippen LogP contribution in [0.2, 0.25) is 0 Å². The lowest BCUT2D eigenvalue weighted by Crippen LogP contribution is -2.44. The molecule has 3 heterocycles. The minimum atomic E-state index is -0.978. The van der Waals surface area contributed by atoms with Crippen LogP contribution in [0.4, 0.5) is 4.79 Å². The third-order valence-corrected chi connectivity index (χ3v) is 9.43. The molecule has 2 saturated heterocycles. The van der Waals surface area contributed by atoms with E-state index in [1.54, 1.807) is 0 Å². The number of alkyl carbamates (subject to hydrolysis) is 1. The van der Waals surface area contributed by atoms with Gasteiger partial charge in [-0.25, -0.2) is 4.79 Å². The maximum absolute atomic E-state index is 13.1. The van der Waals surface area contributed by atoms with Crippen LogP contribution in [0.3, 0.4) is 0 Å². The van der Waals surface area contributed by atoms with Gasteiger partial charge in [0.05, 0.1) is 31.8 Å². The van der Waals surface area contributed by atoms with Crippen molar-refractivity contribution >= 4 is 17.9 Å². The lowest BCUT2D eigenvalue weighted by molar-refractivity contribution is -0.275. The van der Waals surface area contributed by atoms with Crippen LogP contribution in [0.25, 0.3) is 0 Å². The van der Waals surface area contributed by atoms with Gasteiger partial charge in [-0.15, -0.1) is 0 Å². The van der Waals surface area contributed by atoms with Crippen LogP contribution in [0.15, 0.2) is 103 Å². The number of imide groups is 1. The first kappa shape index (κ1) is 35.9. The highest BCUT2D eigenvalue weighted by Gasteiger charge is 2.41. The van der Waals surface area contributed by atoms with Crippen molar-refractivity contribution in [3.63, 3.8) is 0 Å². The molecule has 0 spiro atoms. The highest BCUT2D eigenvalue weighted by Crippen LogP contribution is 2.42. The summed E-state index contributed by atoms with van der Waals surface area (Å²) >= 11 is 0. The largest absolute Gasteiger partial charge is 0.445 e. The average Bonchev–Trinajstić information content (AvgIpc) is 3.42. The molecule has 5 atom stereocenters. The SMILES string of the molecule is CC1C(CN(C)CCc2ccccn2)OC(c2ccc(CN3C(=O)CC(NC(=O)OCc4ccccc4)C3=O)cc2)OC1c1ccc(CO)cc1. The van der Waals surface area contributed by atoms with Gasteiger partial charge < -0.3 is 29.5 Å². The Labute approximate surface area is 298 Å². The van der Waals surface area contributed by atoms with E-state index in [0.29, 0.717) is 6.54 Å². The van der Waals surface area contributed by atoms with Crippen LogP contribution < -0.4 is 5.32 Å². The predicted octanol–water partition coefficient (Wildman–Crippen LogP) is 5.09. The van der Waals surface area contributed by atoms with E-state index in [1.807, 2.05) is 103 Å². The number of nitrogens with zero attached hydrogens (tertiary/aromatic N) is 3. The number of hydrogen-bond donors (Lipinski definition) is 2. The van der Waals surface area contributed by atoms with Gasteiger partial charge >= 0.3 is 6.09 Å². The minimum absolute atomic E-state index is 0.0298. The van der Waals surface area contributed by atoms with E-state index in [-0.39, 0.29) is 50.2 Å². The van der Waals surface area contributed by atoms with Crippen molar-refractivity contribution in [2.24, 2.45) is 5.92 Å². The third-order valence-electron chi connectivity index (χ3n) is 9.43. The van der Waals surface area contributed by atoms with E-state index in [2.05, 4.69) is 29.2 Å². The maximum atomic E-state index is 13.1. The number of carbonyl (C=O) groups excluding carboxylic acids is 3. The van der Waals surface area contributed by atoms with Crippen molar-refractivity contribution in [1.82, 2.24) is 20.1 Å². The van der Waals surface area contributed by atoms with Gasteiger partial charge in [0.2, 0.25) is 5.91 Å². The molecule has 6 rings (SSSR count). The number of amides is 3. The molecule has 0 bridgehead atoms. The lowest BCUT2D eigenvalue weighted by atomic mass is 9.90. The Kier molecular flexibility index (Phi) is 11.8. The van der Waals surface area contributed by atoms with E-state index >= 15 is 0 Å². The first-order valence-electron chi connectivity index (χ1n) is 17.3. The average molecular weight is 693 g/mol. The lowest BCUT2D eigenvalue weighted by Gasteiger charge is -2.42. The molecule has 3 aromatic carbocycles. The van der Waals surface area contributed by atoms with Crippen LogP contribution in [-0.4, -0.2) is 70.1 Å². The van der Waals surface area contributed by atoms with Crippen molar-refractivity contribution in [3.05, 3.63) is 137 Å². The normalized spacial score (nSPS) is 22.0. The molecular weight excluding hydrogens is 648 g/mol. The number of aromatic nitrogens is 1. The number of nitrogens with one attached hydrogen (secondary N) is 1. The number of hydrogen-bond acceptors (Lipinski definition) is 9. The fourth-order valence-electron chi connectivity index (χ4n) is 6.41. The molecule has 51 heavy (non-hydrogen) atoms. The van der Waals surface area contributed by atoms with Gasteiger partial charge in [0, 0.05) is 42.9 Å². The fourth-order valence-corrected chi connectivity index (χ4v) is 6.41. The number of ether oxygens (including phenoxy) is 3. The van der Waals surface area contributed by atoms with Gasteiger partial charge in [-0.2, -0.15) is 0 Å². The topological polar surface area (TPSA) is 131 Å². The van der Waals surface area contributed by atoms with Crippen molar-refractivity contribution in [3.8, 4) is 0 Å². The first-order chi connectivity index (χ1) is 24.8. The smallest absolute Gasteiger partial charge is 0.408 e. The standard InChI is InChI=1S/C40H44N4O7/c1-27-35(24-43(2)21-19-33-10-6-7-20-41-33)50-39(51-37(27)31-15-13-29(25-45)14-16-31)32-17-11-28(12-18-32)23-44-36(46)22-34(38(44)47)42-40(48)49-26-30-8-4-3-5-9-30/h3-18,20,27,34-35,37,39,45H,19,21-26H2,1-2H3,(H,42,48). The van der Waals surface area contributed by atoms with Crippen LogP contribution in [0.5, 0.6) is 0 Å². The number of benzene rings is 3. The zero-order chi connectivity index (χ0) is 35.7. The second kappa shape index (κ2) is 16.8. The van der Waals surface area contributed by atoms with Crippen molar-refractivity contribution in [2.45, 2.75) is 64.1 Å². The highest BCUT2D eigenvalue weighted by atomic mass is 16.7. The molecule has 0 radical (unpaired) electrons. The summed E-state index contributed by atoms with van der Waals surface area (Å²) in [6.45, 7) is 3.74. The van der Waals surface area contributed by atoms with E-state index < -0.39 is 24.3 Å². The highest BCUT2D eigenvalue weighted by molar-refractivity contribution is 6.06. The summed E-state index contributed by atoms with van der Waals surface area (Å²) in [7, 11) is 2.08. The van der Waals surface area contributed by atoms with Crippen LogP contribution in [-0.2, 0) is 50.0 Å². The molecule has 11 nitrogen and oxygen atoms in total. The summed E-state index contributed by atoms with van der Waals surface area (Å²) in [5.74, 6) is -0.809. The Bertz CT molecular complexity index is 1760.